The van der Waals surface area contributed by atoms with Gasteiger partial charge < -0.3 is 0 Å². The minimum Gasteiger partial charge on any atom is -0.0726 e. The molecular weight excluding hydrogens is 319 g/mol. The summed E-state index contributed by atoms with van der Waals surface area (Å²) in [6.07, 6.45) is 12.5. The Morgan fingerprint density at radius 2 is 1.64 bits per heavy atom. The van der Waals surface area contributed by atoms with Crippen molar-refractivity contribution in [2.45, 2.75) is 90.4 Å². The Kier molecular flexibility index (Phi) is 6.72. The van der Waals surface area contributed by atoms with Gasteiger partial charge in [-0.25, -0.2) is 0 Å². The maximum absolute atomic E-state index is 2.54. The summed E-state index contributed by atoms with van der Waals surface area (Å²) in [5.41, 5.74) is 2.95. The molecule has 0 heterocycles. The smallest absolute Gasteiger partial charge is 0.0211 e. The molecule has 1 aromatic rings. The van der Waals surface area contributed by atoms with Gasteiger partial charge in [0, 0.05) is 5.92 Å². The first-order valence-electron chi connectivity index (χ1n) is 9.92. The van der Waals surface area contributed by atoms with Crippen LogP contribution in [0, 0.1) is 0 Å². The molecule has 0 saturated heterocycles. The zero-order valence-corrected chi connectivity index (χ0v) is 18.3. The standard InChI is InChI=1S/C24H37P/c1-8-9-10-12-19-13-11-14-20(17-19)21-15-16-22(18-21)25(23(2,3)4)24(5,6)7/h11,13-18,21H,8-10,12H2,1-7H3. The Morgan fingerprint density at radius 1 is 0.960 bits per heavy atom. The molecule has 1 atom stereocenters. The summed E-state index contributed by atoms with van der Waals surface area (Å²) in [5.74, 6) is 0.454. The van der Waals surface area contributed by atoms with Crippen molar-refractivity contribution in [1.82, 2.24) is 0 Å². The monoisotopic (exact) mass is 356 g/mol. The highest BCUT2D eigenvalue weighted by Crippen LogP contribution is 2.66. The highest BCUT2D eigenvalue weighted by atomic mass is 31.1. The van der Waals surface area contributed by atoms with E-state index in [0.717, 1.165) is 0 Å². The van der Waals surface area contributed by atoms with E-state index in [9.17, 15) is 0 Å². The van der Waals surface area contributed by atoms with Gasteiger partial charge in [-0.05, 0) is 39.6 Å². The number of benzene rings is 1. The van der Waals surface area contributed by atoms with Gasteiger partial charge in [0.25, 0.3) is 0 Å². The topological polar surface area (TPSA) is 0 Å². The minimum atomic E-state index is -0.206. The zero-order valence-electron chi connectivity index (χ0n) is 17.4. The molecule has 1 aliphatic rings. The van der Waals surface area contributed by atoms with Gasteiger partial charge in [-0.2, -0.15) is 0 Å². The quantitative estimate of drug-likeness (QED) is 0.357. The number of rotatable bonds is 6. The second-order valence-electron chi connectivity index (χ2n) is 9.36. The van der Waals surface area contributed by atoms with Gasteiger partial charge >= 0.3 is 0 Å². The van der Waals surface area contributed by atoms with E-state index in [1.807, 2.05) is 0 Å². The second kappa shape index (κ2) is 8.22. The normalized spacial score (nSPS) is 18.1. The van der Waals surface area contributed by atoms with Crippen LogP contribution in [-0.2, 0) is 6.42 Å². The van der Waals surface area contributed by atoms with Gasteiger partial charge in [0.2, 0.25) is 0 Å². The van der Waals surface area contributed by atoms with Gasteiger partial charge in [-0.3, -0.25) is 0 Å². The van der Waals surface area contributed by atoms with Gasteiger partial charge in [0.05, 0.1) is 0 Å². The molecule has 0 aromatic heterocycles. The number of hydrogen-bond donors (Lipinski definition) is 0. The molecular formula is C24H37P. The van der Waals surface area contributed by atoms with E-state index in [-0.39, 0.29) is 7.92 Å². The maximum Gasteiger partial charge on any atom is 0.0211 e. The van der Waals surface area contributed by atoms with Crippen molar-refractivity contribution in [3.8, 4) is 0 Å². The molecule has 0 saturated carbocycles. The summed E-state index contributed by atoms with van der Waals surface area (Å²) in [5, 5.41) is 2.25. The lowest BCUT2D eigenvalue weighted by molar-refractivity contribution is 0.712. The van der Waals surface area contributed by atoms with Crippen LogP contribution in [0.25, 0.3) is 0 Å². The summed E-state index contributed by atoms with van der Waals surface area (Å²) < 4.78 is 0. The molecule has 25 heavy (non-hydrogen) atoms. The zero-order chi connectivity index (χ0) is 18.7. The third-order valence-electron chi connectivity index (χ3n) is 4.83. The van der Waals surface area contributed by atoms with Crippen molar-refractivity contribution >= 4 is 7.92 Å². The van der Waals surface area contributed by atoms with Crippen molar-refractivity contribution in [2.75, 3.05) is 0 Å². The molecule has 0 aliphatic heterocycles. The van der Waals surface area contributed by atoms with Crippen molar-refractivity contribution in [2.24, 2.45) is 0 Å². The van der Waals surface area contributed by atoms with Crippen LogP contribution in [-0.4, -0.2) is 10.3 Å². The predicted octanol–water partition coefficient (Wildman–Crippen LogP) is 8.04. The van der Waals surface area contributed by atoms with Crippen LogP contribution in [0.3, 0.4) is 0 Å². The van der Waals surface area contributed by atoms with Gasteiger partial charge in [-0.15, -0.1) is 0 Å². The maximum atomic E-state index is 2.54. The fourth-order valence-electron chi connectivity index (χ4n) is 4.17. The lowest BCUT2D eigenvalue weighted by atomic mass is 9.97. The van der Waals surface area contributed by atoms with E-state index >= 15 is 0 Å². The van der Waals surface area contributed by atoms with Crippen molar-refractivity contribution in [1.29, 1.82) is 0 Å². The average Bonchev–Trinajstić information content (AvgIpc) is 2.94. The summed E-state index contributed by atoms with van der Waals surface area (Å²) >= 11 is 0. The molecule has 0 amide bonds. The van der Waals surface area contributed by atoms with E-state index in [1.165, 1.54) is 36.8 Å². The predicted molar refractivity (Wildman–Crippen MR) is 116 cm³/mol. The molecule has 1 unspecified atom stereocenters. The third-order valence-corrected chi connectivity index (χ3v) is 8.33. The number of aryl methyl sites for hydroxylation is 1. The second-order valence-corrected chi connectivity index (χ2v) is 13.2. The average molecular weight is 357 g/mol. The van der Waals surface area contributed by atoms with E-state index < -0.39 is 0 Å². The van der Waals surface area contributed by atoms with Gasteiger partial charge in [0.1, 0.15) is 0 Å². The van der Waals surface area contributed by atoms with Crippen LogP contribution >= 0.6 is 7.92 Å². The van der Waals surface area contributed by atoms with Crippen LogP contribution in [0.2, 0.25) is 0 Å². The van der Waals surface area contributed by atoms with Crippen molar-refractivity contribution < 1.29 is 0 Å². The molecule has 1 heteroatoms. The molecule has 0 radical (unpaired) electrons. The molecule has 0 spiro atoms. The molecule has 0 fully saturated rings. The number of hydrogen-bond acceptors (Lipinski definition) is 0. The molecule has 1 aromatic carbocycles. The van der Waals surface area contributed by atoms with E-state index in [0.29, 0.717) is 16.2 Å². The van der Waals surface area contributed by atoms with E-state index in [1.54, 1.807) is 5.31 Å². The lowest BCUT2D eigenvalue weighted by Gasteiger charge is -2.42. The van der Waals surface area contributed by atoms with Gasteiger partial charge in [-0.1, -0.05) is 112 Å². The fourth-order valence-corrected chi connectivity index (χ4v) is 8.28. The molecule has 0 N–H and O–H groups in total. The highest BCUT2D eigenvalue weighted by molar-refractivity contribution is 7.65. The Morgan fingerprint density at radius 3 is 2.24 bits per heavy atom. The molecule has 1 aliphatic carbocycles. The summed E-state index contributed by atoms with van der Waals surface area (Å²) in [6, 6.07) is 9.26. The number of allylic oxidation sites excluding steroid dienone is 4. The van der Waals surface area contributed by atoms with Gasteiger partial charge in [0.15, 0.2) is 0 Å². The van der Waals surface area contributed by atoms with Crippen molar-refractivity contribution in [3.05, 3.63) is 58.9 Å². The lowest BCUT2D eigenvalue weighted by Crippen LogP contribution is -2.25. The van der Waals surface area contributed by atoms with Crippen LogP contribution in [0.4, 0.5) is 0 Å². The van der Waals surface area contributed by atoms with Crippen LogP contribution in [0.15, 0.2) is 47.8 Å². The minimum absolute atomic E-state index is 0.206. The Hall–Kier alpha value is -0.870. The van der Waals surface area contributed by atoms with Crippen molar-refractivity contribution in [3.63, 3.8) is 0 Å². The summed E-state index contributed by atoms with van der Waals surface area (Å²) in [4.78, 5) is 0. The highest BCUT2D eigenvalue weighted by Gasteiger charge is 2.37. The fraction of sp³-hybridized carbons (Fsp3) is 0.583. The summed E-state index contributed by atoms with van der Waals surface area (Å²) in [6.45, 7) is 16.7. The first kappa shape index (κ1) is 20.4. The SMILES string of the molecule is CCCCCc1cccc(C2C=CC(P(C(C)(C)C)C(C)(C)C)=C2)c1. The largest absolute Gasteiger partial charge is 0.0726 e. The molecule has 0 nitrogen and oxygen atoms in total. The van der Waals surface area contributed by atoms with E-state index in [2.05, 4.69) is 91.0 Å². The Labute approximate surface area is 157 Å². The third kappa shape index (κ3) is 5.55. The van der Waals surface area contributed by atoms with Crippen LogP contribution in [0.1, 0.15) is 84.8 Å². The Bertz CT molecular complexity index is 608. The van der Waals surface area contributed by atoms with Crippen LogP contribution < -0.4 is 0 Å². The molecule has 138 valence electrons. The summed E-state index contributed by atoms with van der Waals surface area (Å²) in [7, 11) is -0.206. The number of unbranched alkanes of at least 4 members (excludes halogenated alkanes) is 2. The first-order valence-corrected chi connectivity index (χ1v) is 11.3. The van der Waals surface area contributed by atoms with Crippen LogP contribution in [0.5, 0.6) is 0 Å². The van der Waals surface area contributed by atoms with E-state index in [4.69, 9.17) is 0 Å². The Balaban J connectivity index is 2.21. The molecule has 0 bridgehead atoms. The molecule has 2 rings (SSSR count). The first-order chi connectivity index (χ1) is 11.6.